The number of esters is 1. The first-order valence-corrected chi connectivity index (χ1v) is 19.2. The molecule has 49 heavy (non-hydrogen) atoms. The first-order chi connectivity index (χ1) is 23.3. The molecule has 1 heterocycles. The molecule has 3 aromatic rings. The molecular weight excluding hydrogens is 601 g/mol. The van der Waals surface area contributed by atoms with Crippen molar-refractivity contribution in [2.45, 2.75) is 112 Å². The molecule has 9 atom stereocenters. The van der Waals surface area contributed by atoms with E-state index in [1.54, 1.807) is 5.57 Å². The second-order valence-corrected chi connectivity index (χ2v) is 18.2. The van der Waals surface area contributed by atoms with E-state index in [-0.39, 0.29) is 33.5 Å². The summed E-state index contributed by atoms with van der Waals surface area (Å²) in [6.07, 6.45) is 13.4. The molecule has 2 aromatic carbocycles. The molecule has 4 heteroatoms. The maximum absolute atomic E-state index is 14.4. The quantitative estimate of drug-likeness (QED) is 0.207. The highest BCUT2D eigenvalue weighted by atomic mass is 16.5. The summed E-state index contributed by atoms with van der Waals surface area (Å²) in [6.45, 7) is 18.0. The average molecular weight is 657 g/mol. The SMILES string of the molecule is C[C@@H]1[C@H]2C3=CC[C@H]4[C@]5(C)Cc6cnc(-c7ccccc7)nc6C(C)(C)[C@H]5CC[C@]4(C)[C@]3(C)CC[C@@]2(C(=O)OCc2ccccc2)CC[C@@H]1C. The Morgan fingerprint density at radius 2 is 1.57 bits per heavy atom. The Bertz CT molecular complexity index is 1780. The van der Waals surface area contributed by atoms with Crippen LogP contribution in [0.2, 0.25) is 0 Å². The molecule has 258 valence electrons. The normalized spacial score (nSPS) is 38.8. The van der Waals surface area contributed by atoms with Gasteiger partial charge >= 0.3 is 5.97 Å². The van der Waals surface area contributed by atoms with Crippen LogP contribution in [-0.2, 0) is 28.0 Å². The van der Waals surface area contributed by atoms with E-state index in [1.165, 1.54) is 24.1 Å². The topological polar surface area (TPSA) is 52.1 Å². The Morgan fingerprint density at radius 3 is 2.31 bits per heavy atom. The summed E-state index contributed by atoms with van der Waals surface area (Å²) in [4.78, 5) is 24.7. The minimum atomic E-state index is -0.421. The Kier molecular flexibility index (Phi) is 7.64. The van der Waals surface area contributed by atoms with Gasteiger partial charge in [-0.05, 0) is 108 Å². The smallest absolute Gasteiger partial charge is 0.313 e. The van der Waals surface area contributed by atoms with Crippen LogP contribution in [0.25, 0.3) is 11.4 Å². The first-order valence-electron chi connectivity index (χ1n) is 19.2. The number of carbonyl (C=O) groups excluding carboxylic acids is 1. The van der Waals surface area contributed by atoms with E-state index in [2.05, 4.69) is 103 Å². The number of ether oxygens (including phenoxy) is 1. The molecule has 0 unspecified atom stereocenters. The van der Waals surface area contributed by atoms with Gasteiger partial charge in [0.1, 0.15) is 6.61 Å². The molecule has 0 aliphatic heterocycles. The number of aromatic nitrogens is 2. The van der Waals surface area contributed by atoms with Gasteiger partial charge in [0.15, 0.2) is 5.82 Å². The second-order valence-electron chi connectivity index (χ2n) is 18.2. The minimum Gasteiger partial charge on any atom is -0.460 e. The molecule has 4 nitrogen and oxygen atoms in total. The lowest BCUT2D eigenvalue weighted by atomic mass is 9.33. The van der Waals surface area contributed by atoms with E-state index in [1.807, 2.05) is 18.2 Å². The van der Waals surface area contributed by atoms with E-state index in [9.17, 15) is 4.79 Å². The van der Waals surface area contributed by atoms with Gasteiger partial charge in [0.25, 0.3) is 0 Å². The average Bonchev–Trinajstić information content (AvgIpc) is 3.09. The van der Waals surface area contributed by atoms with Crippen LogP contribution >= 0.6 is 0 Å². The molecule has 3 fully saturated rings. The molecule has 5 aliphatic carbocycles. The van der Waals surface area contributed by atoms with E-state index >= 15 is 0 Å². The number of hydrogen-bond donors (Lipinski definition) is 0. The summed E-state index contributed by atoms with van der Waals surface area (Å²) < 4.78 is 6.26. The molecule has 0 amide bonds. The fraction of sp³-hybridized carbons (Fsp3) is 0.578. The molecule has 0 radical (unpaired) electrons. The number of benzene rings is 2. The van der Waals surface area contributed by atoms with Crippen molar-refractivity contribution in [1.29, 1.82) is 0 Å². The molecule has 0 bridgehead atoms. The third-order valence-electron chi connectivity index (χ3n) is 15.8. The van der Waals surface area contributed by atoms with Crippen molar-refractivity contribution in [3.8, 4) is 11.4 Å². The highest BCUT2D eigenvalue weighted by Gasteiger charge is 2.69. The molecule has 5 aliphatic rings. The monoisotopic (exact) mass is 656 g/mol. The van der Waals surface area contributed by atoms with Gasteiger partial charge in [-0.2, -0.15) is 0 Å². The summed E-state index contributed by atoms with van der Waals surface area (Å²) in [5, 5.41) is 0. The number of fused-ring (bicyclic) bond motifs is 8. The lowest BCUT2D eigenvalue weighted by Gasteiger charge is -2.70. The van der Waals surface area contributed by atoms with Crippen LogP contribution in [0.15, 0.2) is 78.5 Å². The van der Waals surface area contributed by atoms with Gasteiger partial charge in [-0.3, -0.25) is 4.79 Å². The Balaban J connectivity index is 1.16. The van der Waals surface area contributed by atoms with Gasteiger partial charge in [0.05, 0.1) is 11.1 Å². The molecule has 0 spiro atoms. The van der Waals surface area contributed by atoms with Crippen molar-refractivity contribution < 1.29 is 9.53 Å². The predicted octanol–water partition coefficient (Wildman–Crippen LogP) is 10.6. The number of allylic oxidation sites excluding steroid dienone is 2. The molecular formula is C45H56N2O2. The lowest BCUT2D eigenvalue weighted by molar-refractivity contribution is -0.184. The zero-order valence-electron chi connectivity index (χ0n) is 30.9. The largest absolute Gasteiger partial charge is 0.460 e. The fourth-order valence-corrected chi connectivity index (χ4v) is 12.9. The van der Waals surface area contributed by atoms with Gasteiger partial charge in [-0.25, -0.2) is 9.97 Å². The van der Waals surface area contributed by atoms with Crippen molar-refractivity contribution in [2.75, 3.05) is 0 Å². The summed E-state index contributed by atoms with van der Waals surface area (Å²) in [6, 6.07) is 20.6. The zero-order valence-corrected chi connectivity index (χ0v) is 30.9. The number of hydrogen-bond acceptors (Lipinski definition) is 4. The van der Waals surface area contributed by atoms with Crippen molar-refractivity contribution in [3.63, 3.8) is 0 Å². The van der Waals surface area contributed by atoms with Crippen LogP contribution in [0.3, 0.4) is 0 Å². The van der Waals surface area contributed by atoms with Gasteiger partial charge in [-0.1, -0.05) is 121 Å². The maximum Gasteiger partial charge on any atom is 0.313 e. The Hall–Kier alpha value is -3.27. The third-order valence-corrected chi connectivity index (χ3v) is 15.8. The number of carbonyl (C=O) groups is 1. The number of rotatable bonds is 4. The summed E-state index contributed by atoms with van der Waals surface area (Å²) >= 11 is 0. The van der Waals surface area contributed by atoms with E-state index < -0.39 is 5.41 Å². The molecule has 1 aromatic heterocycles. The van der Waals surface area contributed by atoms with Gasteiger partial charge in [0, 0.05) is 17.2 Å². The van der Waals surface area contributed by atoms with E-state index in [0.29, 0.717) is 30.3 Å². The lowest BCUT2D eigenvalue weighted by Crippen LogP contribution is -2.65. The Labute approximate surface area is 294 Å². The van der Waals surface area contributed by atoms with Crippen molar-refractivity contribution in [1.82, 2.24) is 9.97 Å². The summed E-state index contributed by atoms with van der Waals surface area (Å²) in [7, 11) is 0. The van der Waals surface area contributed by atoms with Gasteiger partial charge in [-0.15, -0.1) is 0 Å². The molecule has 8 rings (SSSR count). The minimum absolute atomic E-state index is 0.0431. The van der Waals surface area contributed by atoms with Crippen LogP contribution in [0.4, 0.5) is 0 Å². The third kappa shape index (κ3) is 4.64. The van der Waals surface area contributed by atoms with Crippen molar-refractivity contribution in [3.05, 3.63) is 95.3 Å². The van der Waals surface area contributed by atoms with Crippen LogP contribution in [0.1, 0.15) is 110 Å². The number of nitrogens with zero attached hydrogens (tertiary/aromatic N) is 2. The summed E-state index contributed by atoms with van der Waals surface area (Å²) in [5.74, 6) is 3.29. The van der Waals surface area contributed by atoms with Crippen LogP contribution < -0.4 is 0 Å². The predicted molar refractivity (Wildman–Crippen MR) is 196 cm³/mol. The van der Waals surface area contributed by atoms with E-state index in [4.69, 9.17) is 14.7 Å². The van der Waals surface area contributed by atoms with Crippen molar-refractivity contribution >= 4 is 5.97 Å². The standard InChI is InChI=1S/C45H56N2O2/c1-29-20-23-45(40(48)49-28-31-14-10-8-11-15-31)25-24-43(6)34(37(45)30(29)2)18-19-36-42(5)26-33-27-46-39(32-16-12-9-13-17-32)47-38(33)41(3,4)35(42)21-22-44(36,43)7/h8-18,27,29-30,35-37H,19-26,28H2,1-7H3/t29-,30-,35+,36-,37-,42+,43+,44-,45-/m0/s1. The molecule has 0 N–H and O–H groups in total. The molecule has 3 saturated carbocycles. The van der Waals surface area contributed by atoms with Crippen LogP contribution in [0, 0.1) is 51.2 Å². The van der Waals surface area contributed by atoms with Crippen LogP contribution in [-0.4, -0.2) is 15.9 Å². The molecule has 0 saturated heterocycles. The second kappa shape index (κ2) is 11.4. The van der Waals surface area contributed by atoms with Gasteiger partial charge in [0.2, 0.25) is 0 Å². The van der Waals surface area contributed by atoms with Crippen molar-refractivity contribution in [2.24, 2.45) is 51.2 Å². The van der Waals surface area contributed by atoms with E-state index in [0.717, 1.165) is 55.5 Å². The summed E-state index contributed by atoms with van der Waals surface area (Å²) in [5.41, 5.74) is 6.24. The van der Waals surface area contributed by atoms with Gasteiger partial charge < -0.3 is 4.74 Å². The fourth-order valence-electron chi connectivity index (χ4n) is 12.9. The zero-order chi connectivity index (χ0) is 34.4. The first kappa shape index (κ1) is 32.9. The highest BCUT2D eigenvalue weighted by Crippen LogP contribution is 2.75. The Morgan fingerprint density at radius 1 is 0.857 bits per heavy atom. The maximum atomic E-state index is 14.4. The van der Waals surface area contributed by atoms with Crippen LogP contribution in [0.5, 0.6) is 0 Å². The highest BCUT2D eigenvalue weighted by molar-refractivity contribution is 5.79.